The summed E-state index contributed by atoms with van der Waals surface area (Å²) in [6, 6.07) is 0. The van der Waals surface area contributed by atoms with Crippen molar-refractivity contribution in [3.05, 3.63) is 0 Å². The van der Waals surface area contributed by atoms with Crippen molar-refractivity contribution in [2.24, 2.45) is 5.92 Å². The second-order valence-electron chi connectivity index (χ2n) is 2.98. The standard InChI is InChI=1S/C7H10O4/c1-7(2)4(5(8)10-3)6(9)11-7/h4H,1-3H3/t4-/m0/s1. The maximum absolute atomic E-state index is 10.9. The number of carbonyl (C=O) groups excluding carboxylic acids is 2. The average molecular weight is 158 g/mol. The minimum atomic E-state index is -0.743. The second-order valence-corrected chi connectivity index (χ2v) is 2.98. The van der Waals surface area contributed by atoms with Gasteiger partial charge in [0, 0.05) is 0 Å². The van der Waals surface area contributed by atoms with Gasteiger partial charge in [0.15, 0.2) is 5.92 Å². The smallest absolute Gasteiger partial charge is 0.325 e. The van der Waals surface area contributed by atoms with Crippen LogP contribution in [0, 0.1) is 5.92 Å². The molecule has 1 aliphatic rings. The third-order valence-electron chi connectivity index (χ3n) is 1.73. The largest absolute Gasteiger partial charge is 0.468 e. The summed E-state index contributed by atoms with van der Waals surface area (Å²) in [5, 5.41) is 0. The molecule has 0 spiro atoms. The van der Waals surface area contributed by atoms with Crippen LogP contribution in [0.3, 0.4) is 0 Å². The van der Waals surface area contributed by atoms with Gasteiger partial charge < -0.3 is 9.47 Å². The molecule has 1 aliphatic heterocycles. The molecule has 0 aromatic heterocycles. The molecule has 4 nitrogen and oxygen atoms in total. The van der Waals surface area contributed by atoms with Crippen LogP contribution in [0.4, 0.5) is 0 Å². The van der Waals surface area contributed by atoms with E-state index >= 15 is 0 Å². The van der Waals surface area contributed by atoms with E-state index in [1.807, 2.05) is 0 Å². The zero-order valence-corrected chi connectivity index (χ0v) is 6.71. The molecule has 0 aromatic carbocycles. The third-order valence-corrected chi connectivity index (χ3v) is 1.73. The molecule has 0 unspecified atom stereocenters. The summed E-state index contributed by atoms with van der Waals surface area (Å²) in [4.78, 5) is 21.6. The van der Waals surface area contributed by atoms with Crippen LogP contribution in [-0.2, 0) is 19.1 Å². The van der Waals surface area contributed by atoms with E-state index in [1.54, 1.807) is 13.8 Å². The quantitative estimate of drug-likeness (QED) is 0.401. The van der Waals surface area contributed by atoms with Gasteiger partial charge in [-0.3, -0.25) is 9.59 Å². The first-order valence-electron chi connectivity index (χ1n) is 3.29. The van der Waals surface area contributed by atoms with E-state index in [0.717, 1.165) is 0 Å². The maximum atomic E-state index is 10.9. The lowest BCUT2D eigenvalue weighted by molar-refractivity contribution is -0.211. The Labute approximate surface area is 64.5 Å². The molecule has 1 fully saturated rings. The van der Waals surface area contributed by atoms with Crippen molar-refractivity contribution in [2.45, 2.75) is 19.4 Å². The average Bonchev–Trinajstić information content (AvgIpc) is 1.85. The van der Waals surface area contributed by atoms with Crippen molar-refractivity contribution in [3.8, 4) is 0 Å². The van der Waals surface area contributed by atoms with Gasteiger partial charge in [-0.2, -0.15) is 0 Å². The van der Waals surface area contributed by atoms with Crippen LogP contribution in [0.2, 0.25) is 0 Å². The number of rotatable bonds is 1. The molecule has 1 saturated heterocycles. The van der Waals surface area contributed by atoms with Crippen LogP contribution >= 0.6 is 0 Å². The SMILES string of the molecule is COC(=O)[C@H]1C(=O)OC1(C)C. The zero-order chi connectivity index (χ0) is 8.65. The van der Waals surface area contributed by atoms with Crippen LogP contribution in [0.5, 0.6) is 0 Å². The predicted octanol–water partition coefficient (Wildman–Crippen LogP) is 0.111. The van der Waals surface area contributed by atoms with E-state index in [2.05, 4.69) is 4.74 Å². The van der Waals surface area contributed by atoms with E-state index in [9.17, 15) is 9.59 Å². The van der Waals surface area contributed by atoms with E-state index in [4.69, 9.17) is 4.74 Å². The Hall–Kier alpha value is -1.06. The van der Waals surface area contributed by atoms with Crippen molar-refractivity contribution in [2.75, 3.05) is 7.11 Å². The molecule has 0 radical (unpaired) electrons. The Morgan fingerprint density at radius 2 is 2.18 bits per heavy atom. The number of esters is 2. The Morgan fingerprint density at radius 1 is 1.64 bits per heavy atom. The van der Waals surface area contributed by atoms with Gasteiger partial charge in [-0.25, -0.2) is 0 Å². The lowest BCUT2D eigenvalue weighted by Gasteiger charge is -2.40. The van der Waals surface area contributed by atoms with Crippen molar-refractivity contribution >= 4 is 11.9 Å². The summed E-state index contributed by atoms with van der Waals surface area (Å²) >= 11 is 0. The summed E-state index contributed by atoms with van der Waals surface area (Å²) in [6.07, 6.45) is 0. The predicted molar refractivity (Wildman–Crippen MR) is 35.7 cm³/mol. The van der Waals surface area contributed by atoms with Gasteiger partial charge in [0.25, 0.3) is 0 Å². The molecule has 0 aliphatic carbocycles. The van der Waals surface area contributed by atoms with Crippen molar-refractivity contribution in [3.63, 3.8) is 0 Å². The molecule has 0 amide bonds. The van der Waals surface area contributed by atoms with E-state index in [-0.39, 0.29) is 0 Å². The fraction of sp³-hybridized carbons (Fsp3) is 0.714. The molecular weight excluding hydrogens is 148 g/mol. The highest BCUT2D eigenvalue weighted by atomic mass is 16.6. The highest BCUT2D eigenvalue weighted by molar-refractivity contribution is 6.00. The number of carbonyl (C=O) groups is 2. The van der Waals surface area contributed by atoms with Gasteiger partial charge in [0.2, 0.25) is 0 Å². The Kier molecular flexibility index (Phi) is 1.62. The molecule has 1 heterocycles. The van der Waals surface area contributed by atoms with Gasteiger partial charge in [-0.1, -0.05) is 0 Å². The number of hydrogen-bond donors (Lipinski definition) is 0. The highest BCUT2D eigenvalue weighted by Crippen LogP contribution is 2.34. The highest BCUT2D eigenvalue weighted by Gasteiger charge is 2.55. The number of ether oxygens (including phenoxy) is 2. The fourth-order valence-electron chi connectivity index (χ4n) is 1.10. The number of cyclic esters (lactones) is 1. The van der Waals surface area contributed by atoms with Crippen molar-refractivity contribution in [1.29, 1.82) is 0 Å². The summed E-state index contributed by atoms with van der Waals surface area (Å²) in [5.41, 5.74) is -0.690. The Morgan fingerprint density at radius 3 is 2.36 bits per heavy atom. The summed E-state index contributed by atoms with van der Waals surface area (Å²) in [6.45, 7) is 3.35. The van der Waals surface area contributed by atoms with Crippen molar-refractivity contribution in [1.82, 2.24) is 0 Å². The summed E-state index contributed by atoms with van der Waals surface area (Å²) in [7, 11) is 1.25. The molecule has 1 rings (SSSR count). The maximum Gasteiger partial charge on any atom is 0.325 e. The molecule has 0 N–H and O–H groups in total. The monoisotopic (exact) mass is 158 g/mol. The lowest BCUT2D eigenvalue weighted by atomic mass is 9.85. The minimum Gasteiger partial charge on any atom is -0.468 e. The second kappa shape index (κ2) is 2.22. The van der Waals surface area contributed by atoms with Crippen LogP contribution in [-0.4, -0.2) is 24.6 Å². The summed E-state index contributed by atoms with van der Waals surface area (Å²) in [5.74, 6) is -1.76. The van der Waals surface area contributed by atoms with E-state index in [0.29, 0.717) is 0 Å². The molecule has 11 heavy (non-hydrogen) atoms. The first-order chi connectivity index (χ1) is 4.99. The Balaban J connectivity index is 2.71. The van der Waals surface area contributed by atoms with E-state index < -0.39 is 23.5 Å². The molecule has 0 saturated carbocycles. The normalized spacial score (nSPS) is 26.8. The van der Waals surface area contributed by atoms with Crippen LogP contribution < -0.4 is 0 Å². The summed E-state index contributed by atoms with van der Waals surface area (Å²) < 4.78 is 9.14. The van der Waals surface area contributed by atoms with Crippen LogP contribution in [0.1, 0.15) is 13.8 Å². The van der Waals surface area contributed by atoms with Gasteiger partial charge in [0.05, 0.1) is 7.11 Å². The first-order valence-corrected chi connectivity index (χ1v) is 3.29. The van der Waals surface area contributed by atoms with Crippen molar-refractivity contribution < 1.29 is 19.1 Å². The molecular formula is C7H10O4. The van der Waals surface area contributed by atoms with Crippen LogP contribution in [0.25, 0.3) is 0 Å². The van der Waals surface area contributed by atoms with Gasteiger partial charge >= 0.3 is 11.9 Å². The van der Waals surface area contributed by atoms with Gasteiger partial charge in [-0.05, 0) is 13.8 Å². The number of methoxy groups -OCH3 is 1. The van der Waals surface area contributed by atoms with E-state index in [1.165, 1.54) is 7.11 Å². The minimum absolute atomic E-state index is 0.498. The topological polar surface area (TPSA) is 52.6 Å². The molecule has 1 atom stereocenters. The molecule has 4 heteroatoms. The van der Waals surface area contributed by atoms with Gasteiger partial charge in [0.1, 0.15) is 5.60 Å². The lowest BCUT2D eigenvalue weighted by Crippen LogP contribution is -2.57. The zero-order valence-electron chi connectivity index (χ0n) is 6.71. The third kappa shape index (κ3) is 1.08. The Bertz CT molecular complexity index is 206. The number of hydrogen-bond acceptors (Lipinski definition) is 4. The molecule has 0 aromatic rings. The van der Waals surface area contributed by atoms with Gasteiger partial charge in [-0.15, -0.1) is 0 Å². The first kappa shape index (κ1) is 8.04. The molecule has 62 valence electrons. The molecule has 0 bridgehead atoms. The fourth-order valence-corrected chi connectivity index (χ4v) is 1.10. The van der Waals surface area contributed by atoms with Crippen LogP contribution in [0.15, 0.2) is 0 Å².